The molecule has 28 heavy (non-hydrogen) atoms. The fourth-order valence-corrected chi connectivity index (χ4v) is 3.28. The van der Waals surface area contributed by atoms with E-state index in [4.69, 9.17) is 0 Å². The van der Waals surface area contributed by atoms with Crippen molar-refractivity contribution >= 4 is 22.6 Å². The number of hydrogen-bond acceptors (Lipinski definition) is 5. The van der Waals surface area contributed by atoms with Crippen molar-refractivity contribution in [3.05, 3.63) is 58.9 Å². The lowest BCUT2D eigenvalue weighted by Gasteiger charge is -2.19. The van der Waals surface area contributed by atoms with Gasteiger partial charge in [0.05, 0.1) is 6.20 Å². The number of carbonyl (C=O) groups is 1. The molecule has 1 aromatic carbocycles. The molecule has 9 heteroatoms. The van der Waals surface area contributed by atoms with E-state index < -0.39 is 17.6 Å². The molecule has 4 aromatic rings. The van der Waals surface area contributed by atoms with Gasteiger partial charge in [0.25, 0.3) is 5.56 Å². The van der Waals surface area contributed by atoms with Crippen molar-refractivity contribution < 1.29 is 14.3 Å². The van der Waals surface area contributed by atoms with Crippen LogP contribution in [-0.4, -0.2) is 35.5 Å². The van der Waals surface area contributed by atoms with Gasteiger partial charge in [0.1, 0.15) is 17.4 Å². The molecule has 0 spiro atoms. The smallest absolute Gasteiger partial charge is 0.327 e. The first-order valence-corrected chi connectivity index (χ1v) is 8.62. The van der Waals surface area contributed by atoms with Gasteiger partial charge in [-0.2, -0.15) is 5.10 Å². The van der Waals surface area contributed by atoms with E-state index in [0.717, 1.165) is 4.57 Å². The molecule has 0 aliphatic rings. The highest BCUT2D eigenvalue weighted by Crippen LogP contribution is 2.25. The van der Waals surface area contributed by atoms with E-state index in [0.29, 0.717) is 22.3 Å². The molecule has 0 saturated heterocycles. The molecule has 0 aliphatic heterocycles. The molecule has 142 valence electrons. The predicted molar refractivity (Wildman–Crippen MR) is 99.5 cm³/mol. The van der Waals surface area contributed by atoms with Gasteiger partial charge < -0.3 is 5.11 Å². The molecule has 4 rings (SSSR count). The summed E-state index contributed by atoms with van der Waals surface area (Å²) >= 11 is 0. The lowest BCUT2D eigenvalue weighted by Crippen LogP contribution is -2.33. The van der Waals surface area contributed by atoms with Gasteiger partial charge in [0.2, 0.25) is 0 Å². The fraction of sp³-hybridized carbons (Fsp3) is 0.211. The Morgan fingerprint density at radius 1 is 1.14 bits per heavy atom. The molecule has 0 amide bonds. The van der Waals surface area contributed by atoms with Gasteiger partial charge in [-0.3, -0.25) is 9.36 Å². The third-order valence-electron chi connectivity index (χ3n) is 4.63. The molecule has 0 bridgehead atoms. The summed E-state index contributed by atoms with van der Waals surface area (Å²) in [6.07, 6.45) is 3.00. The van der Waals surface area contributed by atoms with Crippen LogP contribution in [0.3, 0.4) is 0 Å². The van der Waals surface area contributed by atoms with Gasteiger partial charge in [-0.1, -0.05) is 26.0 Å². The minimum absolute atomic E-state index is 0.0238. The number of halogens is 1. The van der Waals surface area contributed by atoms with Crippen LogP contribution in [0.2, 0.25) is 0 Å². The van der Waals surface area contributed by atoms with E-state index in [2.05, 4.69) is 15.3 Å². The summed E-state index contributed by atoms with van der Waals surface area (Å²) in [7, 11) is 0. The van der Waals surface area contributed by atoms with Crippen LogP contribution in [0, 0.1) is 11.7 Å². The Hall–Kier alpha value is -3.62. The number of carboxylic acids is 1. The zero-order chi connectivity index (χ0) is 20.0. The van der Waals surface area contributed by atoms with E-state index >= 15 is 0 Å². The summed E-state index contributed by atoms with van der Waals surface area (Å²) < 4.78 is 15.8. The van der Waals surface area contributed by atoms with Crippen LogP contribution in [0.5, 0.6) is 0 Å². The topological polar surface area (TPSA) is 102 Å². The van der Waals surface area contributed by atoms with Crippen LogP contribution in [-0.2, 0) is 4.79 Å². The number of aliphatic carboxylic acids is 1. The number of carboxylic acid groups (broad SMARTS) is 1. The number of pyridine rings is 1. The zero-order valence-corrected chi connectivity index (χ0v) is 15.1. The molecule has 0 fully saturated rings. The maximum atomic E-state index is 13.2. The van der Waals surface area contributed by atoms with E-state index in [1.54, 1.807) is 38.2 Å². The molecule has 8 nitrogen and oxygen atoms in total. The Morgan fingerprint density at radius 3 is 2.50 bits per heavy atom. The van der Waals surface area contributed by atoms with Crippen molar-refractivity contribution in [1.29, 1.82) is 0 Å². The minimum Gasteiger partial charge on any atom is -0.480 e. The van der Waals surface area contributed by atoms with Crippen LogP contribution in [0.25, 0.3) is 27.8 Å². The van der Waals surface area contributed by atoms with Crippen molar-refractivity contribution in [1.82, 2.24) is 24.4 Å². The number of benzene rings is 1. The number of nitrogens with zero attached hydrogens (tertiary/aromatic N) is 5. The van der Waals surface area contributed by atoms with Gasteiger partial charge in [-0.25, -0.2) is 13.7 Å². The normalized spacial score (nSPS) is 12.7. The monoisotopic (exact) mass is 381 g/mol. The molecule has 3 heterocycles. The number of rotatable bonds is 4. The molecule has 0 saturated carbocycles. The summed E-state index contributed by atoms with van der Waals surface area (Å²) in [4.78, 5) is 24.4. The van der Waals surface area contributed by atoms with E-state index in [-0.39, 0.29) is 17.3 Å². The molecular weight excluding hydrogens is 365 g/mol. The van der Waals surface area contributed by atoms with Gasteiger partial charge in [-0.05, 0) is 29.7 Å². The van der Waals surface area contributed by atoms with Crippen molar-refractivity contribution in [3.63, 3.8) is 0 Å². The molecule has 0 unspecified atom stereocenters. The van der Waals surface area contributed by atoms with Crippen LogP contribution in [0.15, 0.2) is 47.5 Å². The first-order chi connectivity index (χ1) is 13.4. The molecule has 3 aromatic heterocycles. The van der Waals surface area contributed by atoms with E-state index in [1.165, 1.54) is 22.8 Å². The minimum atomic E-state index is -1.09. The van der Waals surface area contributed by atoms with Crippen LogP contribution in [0.1, 0.15) is 19.9 Å². The average Bonchev–Trinajstić information content (AvgIpc) is 3.08. The van der Waals surface area contributed by atoms with Crippen molar-refractivity contribution in [2.45, 2.75) is 19.9 Å². The lowest BCUT2D eigenvalue weighted by atomic mass is 10.0. The number of hydrogen-bond donors (Lipinski definition) is 1. The van der Waals surface area contributed by atoms with E-state index in [9.17, 15) is 19.1 Å². The van der Waals surface area contributed by atoms with Crippen molar-refractivity contribution in [2.24, 2.45) is 5.92 Å². The lowest BCUT2D eigenvalue weighted by molar-refractivity contribution is -0.142. The highest BCUT2D eigenvalue weighted by molar-refractivity contribution is 5.83. The molecule has 1 atom stereocenters. The van der Waals surface area contributed by atoms with Crippen LogP contribution < -0.4 is 5.56 Å². The third kappa shape index (κ3) is 2.72. The Kier molecular flexibility index (Phi) is 4.14. The number of aromatic nitrogens is 5. The van der Waals surface area contributed by atoms with Gasteiger partial charge in [0, 0.05) is 11.8 Å². The summed E-state index contributed by atoms with van der Waals surface area (Å²) in [6, 6.07) is 6.47. The second-order valence-electron chi connectivity index (χ2n) is 6.79. The maximum Gasteiger partial charge on any atom is 0.327 e. The van der Waals surface area contributed by atoms with Gasteiger partial charge in [-0.15, -0.1) is 10.2 Å². The SMILES string of the molecule is CC(C)[C@H](C(=O)O)n1ccc2c(nnc3c(-c4ccc(F)cc4)cnn32)c1=O. The zero-order valence-electron chi connectivity index (χ0n) is 15.1. The Balaban J connectivity index is 1.93. The molecule has 0 radical (unpaired) electrons. The summed E-state index contributed by atoms with van der Waals surface area (Å²) in [5.41, 5.74) is 1.65. The quantitative estimate of drug-likeness (QED) is 0.583. The van der Waals surface area contributed by atoms with Crippen molar-refractivity contribution in [3.8, 4) is 11.1 Å². The highest BCUT2D eigenvalue weighted by atomic mass is 19.1. The Labute approximate surface area is 157 Å². The fourth-order valence-electron chi connectivity index (χ4n) is 3.28. The second-order valence-corrected chi connectivity index (χ2v) is 6.79. The Morgan fingerprint density at radius 2 is 1.86 bits per heavy atom. The summed E-state index contributed by atoms with van der Waals surface area (Å²) in [5.74, 6) is -1.74. The van der Waals surface area contributed by atoms with Crippen LogP contribution >= 0.6 is 0 Å². The first-order valence-electron chi connectivity index (χ1n) is 8.62. The molecule has 1 N–H and O–H groups in total. The second kappa shape index (κ2) is 6.52. The third-order valence-corrected chi connectivity index (χ3v) is 4.63. The first kappa shape index (κ1) is 17.8. The van der Waals surface area contributed by atoms with Crippen LogP contribution in [0.4, 0.5) is 4.39 Å². The Bertz CT molecular complexity index is 1260. The van der Waals surface area contributed by atoms with Gasteiger partial charge in [0.15, 0.2) is 11.2 Å². The standard InChI is InChI=1S/C19H16FN5O3/c1-10(2)16(19(27)28)24-8-7-14-15(18(24)26)22-23-17-13(9-21-25(14)17)11-3-5-12(20)6-4-11/h3-10,16H,1-2H3,(H,27,28)/t16-/m1/s1. The van der Waals surface area contributed by atoms with Gasteiger partial charge >= 0.3 is 5.97 Å². The summed E-state index contributed by atoms with van der Waals surface area (Å²) in [6.45, 7) is 3.46. The maximum absolute atomic E-state index is 13.2. The summed E-state index contributed by atoms with van der Waals surface area (Å²) in [5, 5.41) is 21.9. The molecule has 0 aliphatic carbocycles. The highest BCUT2D eigenvalue weighted by Gasteiger charge is 2.26. The molecular formula is C19H16FN5O3. The van der Waals surface area contributed by atoms with Crippen molar-refractivity contribution in [2.75, 3.05) is 0 Å². The average molecular weight is 381 g/mol. The largest absolute Gasteiger partial charge is 0.480 e. The predicted octanol–water partition coefficient (Wildman–Crippen LogP) is 2.53. The van der Waals surface area contributed by atoms with E-state index in [1.807, 2.05) is 0 Å². The number of fused-ring (bicyclic) bond motifs is 3.